The van der Waals surface area contributed by atoms with Gasteiger partial charge in [-0.1, -0.05) is 13.8 Å². The first-order valence-electron chi connectivity index (χ1n) is 6.41. The average molecular weight is 314 g/mol. The topological polar surface area (TPSA) is 44.5 Å². The first kappa shape index (κ1) is 13.7. The molecule has 0 fully saturated rings. The Morgan fingerprint density at radius 1 is 1.28 bits per heavy atom. The Bertz CT molecular complexity index is 421. The number of benzene rings is 1. The van der Waals surface area contributed by atoms with Crippen LogP contribution in [0.3, 0.4) is 0 Å². The van der Waals surface area contributed by atoms with Gasteiger partial charge in [0.1, 0.15) is 0 Å². The maximum absolute atomic E-state index is 6.12. The lowest BCUT2D eigenvalue weighted by atomic mass is 9.97. The molecule has 0 bridgehead atoms. The second kappa shape index (κ2) is 5.93. The molecule has 1 aromatic carbocycles. The van der Waals surface area contributed by atoms with Crippen LogP contribution in [0.25, 0.3) is 0 Å². The quantitative estimate of drug-likeness (QED) is 0.932. The first-order chi connectivity index (χ1) is 8.58. The summed E-state index contributed by atoms with van der Waals surface area (Å²) in [5.41, 5.74) is 7.31. The molecule has 100 valence electrons. The van der Waals surface area contributed by atoms with Gasteiger partial charge in [0.15, 0.2) is 11.5 Å². The minimum Gasteiger partial charge on any atom is -0.490 e. The molecule has 0 saturated carbocycles. The lowest BCUT2D eigenvalue weighted by molar-refractivity contribution is 0.296. The predicted octanol–water partition coefficient (Wildman–Crippen LogP) is 3.14. The summed E-state index contributed by atoms with van der Waals surface area (Å²) < 4.78 is 12.4. The third kappa shape index (κ3) is 3.18. The molecule has 1 heterocycles. The highest BCUT2D eigenvalue weighted by Crippen LogP contribution is 2.38. The van der Waals surface area contributed by atoms with Crippen LogP contribution < -0.4 is 15.2 Å². The van der Waals surface area contributed by atoms with E-state index in [-0.39, 0.29) is 6.04 Å². The summed E-state index contributed by atoms with van der Waals surface area (Å²) in [5.74, 6) is 2.11. The van der Waals surface area contributed by atoms with E-state index in [0.29, 0.717) is 19.1 Å². The van der Waals surface area contributed by atoms with Crippen molar-refractivity contribution in [3.05, 3.63) is 22.2 Å². The minimum atomic E-state index is 0.168. The van der Waals surface area contributed by atoms with Crippen LogP contribution in [-0.4, -0.2) is 19.3 Å². The number of hydrogen-bond acceptors (Lipinski definition) is 3. The van der Waals surface area contributed by atoms with E-state index in [4.69, 9.17) is 15.2 Å². The maximum atomic E-state index is 6.12. The van der Waals surface area contributed by atoms with E-state index < -0.39 is 0 Å². The van der Waals surface area contributed by atoms with Crippen molar-refractivity contribution in [1.82, 2.24) is 0 Å². The fourth-order valence-electron chi connectivity index (χ4n) is 1.91. The Kier molecular flexibility index (Phi) is 4.51. The highest BCUT2D eigenvalue weighted by molar-refractivity contribution is 9.10. The summed E-state index contributed by atoms with van der Waals surface area (Å²) in [5, 5.41) is 0. The van der Waals surface area contributed by atoms with Gasteiger partial charge in [-0.2, -0.15) is 0 Å². The van der Waals surface area contributed by atoms with Crippen LogP contribution in [0, 0.1) is 5.92 Å². The van der Waals surface area contributed by atoms with Gasteiger partial charge in [0, 0.05) is 12.5 Å². The van der Waals surface area contributed by atoms with Crippen molar-refractivity contribution >= 4 is 15.9 Å². The molecule has 0 aromatic heterocycles. The monoisotopic (exact) mass is 313 g/mol. The lowest BCUT2D eigenvalue weighted by Crippen LogP contribution is -2.28. The molecule has 1 unspecified atom stereocenters. The summed E-state index contributed by atoms with van der Waals surface area (Å²) in [6.45, 7) is 5.70. The molecule has 2 N–H and O–H groups in total. The van der Waals surface area contributed by atoms with Crippen LogP contribution >= 0.6 is 15.9 Å². The first-order valence-corrected chi connectivity index (χ1v) is 7.21. The number of fused-ring (bicyclic) bond motifs is 1. The standard InChI is InChI=1S/C14H20BrNO2/c1-9(2)12(16)7-10-6-11(15)14-13(8-10)17-4-3-5-18-14/h6,8-9,12H,3-5,7,16H2,1-2H3. The van der Waals surface area contributed by atoms with Crippen molar-refractivity contribution in [2.24, 2.45) is 11.7 Å². The lowest BCUT2D eigenvalue weighted by Gasteiger charge is -2.17. The number of rotatable bonds is 3. The van der Waals surface area contributed by atoms with E-state index in [1.54, 1.807) is 0 Å². The highest BCUT2D eigenvalue weighted by atomic mass is 79.9. The summed E-state index contributed by atoms with van der Waals surface area (Å²) in [6.07, 6.45) is 1.77. The third-order valence-electron chi connectivity index (χ3n) is 3.19. The third-order valence-corrected chi connectivity index (χ3v) is 3.78. The predicted molar refractivity (Wildman–Crippen MR) is 76.3 cm³/mol. The summed E-state index contributed by atoms with van der Waals surface area (Å²) in [4.78, 5) is 0. The molecule has 1 atom stereocenters. The van der Waals surface area contributed by atoms with Gasteiger partial charge < -0.3 is 15.2 Å². The van der Waals surface area contributed by atoms with Crippen molar-refractivity contribution in [3.8, 4) is 11.5 Å². The van der Waals surface area contributed by atoms with Crippen molar-refractivity contribution < 1.29 is 9.47 Å². The van der Waals surface area contributed by atoms with Crippen molar-refractivity contribution in [3.63, 3.8) is 0 Å². The van der Waals surface area contributed by atoms with Gasteiger partial charge >= 0.3 is 0 Å². The molecule has 2 rings (SSSR count). The molecular weight excluding hydrogens is 294 g/mol. The smallest absolute Gasteiger partial charge is 0.175 e. The van der Waals surface area contributed by atoms with E-state index in [9.17, 15) is 0 Å². The summed E-state index contributed by atoms with van der Waals surface area (Å²) >= 11 is 3.55. The van der Waals surface area contributed by atoms with Gasteiger partial charge in [-0.15, -0.1) is 0 Å². The molecule has 0 aliphatic carbocycles. The molecule has 1 aromatic rings. The number of nitrogens with two attached hydrogens (primary N) is 1. The van der Waals surface area contributed by atoms with E-state index >= 15 is 0 Å². The number of ether oxygens (including phenoxy) is 2. The van der Waals surface area contributed by atoms with E-state index in [2.05, 4.69) is 35.8 Å². The van der Waals surface area contributed by atoms with Gasteiger partial charge in [0.05, 0.1) is 17.7 Å². The molecule has 0 radical (unpaired) electrons. The van der Waals surface area contributed by atoms with Gasteiger partial charge in [-0.3, -0.25) is 0 Å². The molecule has 18 heavy (non-hydrogen) atoms. The van der Waals surface area contributed by atoms with E-state index in [1.807, 2.05) is 6.07 Å². The molecule has 3 nitrogen and oxygen atoms in total. The number of hydrogen-bond donors (Lipinski definition) is 1. The Labute approximate surface area is 117 Å². The second-order valence-electron chi connectivity index (χ2n) is 5.07. The van der Waals surface area contributed by atoms with Gasteiger partial charge in [0.2, 0.25) is 0 Å². The zero-order valence-corrected chi connectivity index (χ0v) is 12.5. The van der Waals surface area contributed by atoms with Gasteiger partial charge in [-0.05, 0) is 46.0 Å². The second-order valence-corrected chi connectivity index (χ2v) is 5.92. The SMILES string of the molecule is CC(C)C(N)Cc1cc(Br)c2c(c1)OCCCO2. The largest absolute Gasteiger partial charge is 0.490 e. The zero-order chi connectivity index (χ0) is 13.1. The Hall–Kier alpha value is -0.740. The molecular formula is C14H20BrNO2. The fraction of sp³-hybridized carbons (Fsp3) is 0.571. The van der Waals surface area contributed by atoms with Crippen LogP contribution in [0.1, 0.15) is 25.8 Å². The van der Waals surface area contributed by atoms with Crippen molar-refractivity contribution in [1.29, 1.82) is 0 Å². The van der Waals surface area contributed by atoms with Crippen LogP contribution in [-0.2, 0) is 6.42 Å². The van der Waals surface area contributed by atoms with Crippen molar-refractivity contribution in [2.75, 3.05) is 13.2 Å². The molecule has 0 spiro atoms. The van der Waals surface area contributed by atoms with E-state index in [0.717, 1.165) is 28.8 Å². The zero-order valence-electron chi connectivity index (χ0n) is 10.9. The van der Waals surface area contributed by atoms with Crippen LogP contribution in [0.15, 0.2) is 16.6 Å². The normalized spacial score (nSPS) is 16.5. The fourth-order valence-corrected chi connectivity index (χ4v) is 2.51. The highest BCUT2D eigenvalue weighted by Gasteiger charge is 2.17. The molecule has 0 saturated heterocycles. The van der Waals surface area contributed by atoms with Gasteiger partial charge in [-0.25, -0.2) is 0 Å². The van der Waals surface area contributed by atoms with Crippen molar-refractivity contribution in [2.45, 2.75) is 32.7 Å². The Morgan fingerprint density at radius 3 is 2.72 bits per heavy atom. The number of halogens is 1. The Morgan fingerprint density at radius 2 is 2.00 bits per heavy atom. The van der Waals surface area contributed by atoms with Crippen LogP contribution in [0.2, 0.25) is 0 Å². The van der Waals surface area contributed by atoms with E-state index in [1.165, 1.54) is 5.56 Å². The average Bonchev–Trinajstić information content (AvgIpc) is 2.54. The molecule has 1 aliphatic rings. The van der Waals surface area contributed by atoms with Gasteiger partial charge in [0.25, 0.3) is 0 Å². The molecule has 0 amide bonds. The Balaban J connectivity index is 2.23. The molecule has 1 aliphatic heterocycles. The van der Waals surface area contributed by atoms with Crippen LogP contribution in [0.5, 0.6) is 11.5 Å². The maximum Gasteiger partial charge on any atom is 0.175 e. The van der Waals surface area contributed by atoms with Crippen LogP contribution in [0.4, 0.5) is 0 Å². The molecule has 4 heteroatoms. The summed E-state index contributed by atoms with van der Waals surface area (Å²) in [7, 11) is 0. The minimum absolute atomic E-state index is 0.168. The summed E-state index contributed by atoms with van der Waals surface area (Å²) in [6, 6.07) is 4.30.